The molecular weight excluding hydrogens is 461 g/mol. The minimum atomic E-state index is -1.21. The molecule has 2 atom stereocenters. The molecule has 4 rings (SSSR count). The molecule has 2 fully saturated rings. The van der Waals surface area contributed by atoms with Crippen molar-refractivity contribution in [3.8, 4) is 0 Å². The molecule has 6 nitrogen and oxygen atoms in total. The fourth-order valence-corrected chi connectivity index (χ4v) is 5.10. The van der Waals surface area contributed by atoms with Gasteiger partial charge in [0.2, 0.25) is 5.43 Å². The number of hydrogen-bond acceptors (Lipinski definition) is 4. The van der Waals surface area contributed by atoms with Crippen molar-refractivity contribution in [3.63, 3.8) is 0 Å². The number of piperidine rings is 1. The number of benzene rings is 1. The third kappa shape index (κ3) is 4.28. The van der Waals surface area contributed by atoms with Gasteiger partial charge in [-0.15, -0.1) is 24.8 Å². The van der Waals surface area contributed by atoms with Crippen molar-refractivity contribution in [1.82, 2.24) is 4.57 Å². The first-order valence-corrected chi connectivity index (χ1v) is 10.5. The van der Waals surface area contributed by atoms with Crippen LogP contribution in [0.4, 0.5) is 5.69 Å². The summed E-state index contributed by atoms with van der Waals surface area (Å²) in [5.74, 6) is -0.831. The summed E-state index contributed by atoms with van der Waals surface area (Å²) in [4.78, 5) is 26.7. The van der Waals surface area contributed by atoms with Crippen molar-refractivity contribution < 1.29 is 9.90 Å². The van der Waals surface area contributed by atoms with Crippen LogP contribution < -0.4 is 16.1 Å². The standard InChI is InChI=1S/C22H28ClN3O3.2ClH/c1-11-7-14-19(26(13-5-6-13)8-15(20(14)27)21(28)29)17(23)18(11)25-9-16(24)12(2)22(3,4)10-25;;/h7-8,12-13,16H,5-6,9-10,24H2,1-4H3,(H,28,29);2*1H/t12-,16+;;/m0../s1. The number of halogens is 3. The molecular formula is C22H30Cl3N3O3. The van der Waals surface area contributed by atoms with Gasteiger partial charge in [-0.1, -0.05) is 32.4 Å². The second-order valence-electron chi connectivity index (χ2n) is 9.39. The summed E-state index contributed by atoms with van der Waals surface area (Å²) in [6, 6.07) is 2.00. The van der Waals surface area contributed by atoms with E-state index < -0.39 is 11.4 Å². The first kappa shape index (κ1) is 25.8. The Morgan fingerprint density at radius 3 is 2.42 bits per heavy atom. The van der Waals surface area contributed by atoms with Gasteiger partial charge in [-0.2, -0.15) is 0 Å². The minimum Gasteiger partial charge on any atom is -0.477 e. The van der Waals surface area contributed by atoms with Gasteiger partial charge in [0.15, 0.2) is 0 Å². The maximum absolute atomic E-state index is 12.9. The first-order chi connectivity index (χ1) is 13.5. The fraction of sp³-hybridized carbons (Fsp3) is 0.545. The SMILES string of the molecule is Cc1cc2c(=O)c(C(=O)O)cn(C3CC3)c2c(Cl)c1N1C[C@@H](N)[C@H](C)C(C)(C)C1.Cl.Cl. The summed E-state index contributed by atoms with van der Waals surface area (Å²) in [6.07, 6.45) is 3.37. The number of rotatable bonds is 3. The van der Waals surface area contributed by atoms with E-state index in [1.807, 2.05) is 11.5 Å². The highest BCUT2D eigenvalue weighted by molar-refractivity contribution is 6.38. The van der Waals surface area contributed by atoms with E-state index in [1.54, 1.807) is 6.07 Å². The van der Waals surface area contributed by atoms with Gasteiger partial charge >= 0.3 is 5.97 Å². The summed E-state index contributed by atoms with van der Waals surface area (Å²) in [5, 5.41) is 10.4. The second kappa shape index (κ2) is 8.81. The quantitative estimate of drug-likeness (QED) is 0.654. The number of aromatic carboxylic acids is 1. The lowest BCUT2D eigenvalue weighted by Gasteiger charge is -2.48. The van der Waals surface area contributed by atoms with E-state index in [0.717, 1.165) is 30.6 Å². The van der Waals surface area contributed by atoms with E-state index in [9.17, 15) is 14.7 Å². The van der Waals surface area contributed by atoms with Gasteiger partial charge in [0.25, 0.3) is 0 Å². The predicted octanol–water partition coefficient (Wildman–Crippen LogP) is 4.65. The van der Waals surface area contributed by atoms with Crippen LogP contribution in [-0.2, 0) is 0 Å². The van der Waals surface area contributed by atoms with E-state index >= 15 is 0 Å². The fourth-order valence-electron chi connectivity index (χ4n) is 4.63. The van der Waals surface area contributed by atoms with Gasteiger partial charge in [0, 0.05) is 36.8 Å². The molecule has 1 aliphatic heterocycles. The highest BCUT2D eigenvalue weighted by Crippen LogP contribution is 2.44. The Bertz CT molecular complexity index is 1080. The van der Waals surface area contributed by atoms with Crippen molar-refractivity contribution in [2.45, 2.75) is 52.6 Å². The molecule has 0 spiro atoms. The molecule has 1 aromatic heterocycles. The van der Waals surface area contributed by atoms with Crippen molar-refractivity contribution in [1.29, 1.82) is 0 Å². The number of aryl methyl sites for hydroxylation is 1. The molecule has 2 heterocycles. The smallest absolute Gasteiger partial charge is 0.341 e. The zero-order valence-corrected chi connectivity index (χ0v) is 20.5. The molecule has 2 aromatic rings. The average Bonchev–Trinajstić information content (AvgIpc) is 3.45. The Hall–Kier alpha value is -1.47. The maximum Gasteiger partial charge on any atom is 0.341 e. The topological polar surface area (TPSA) is 88.6 Å². The van der Waals surface area contributed by atoms with Gasteiger partial charge in [0.1, 0.15) is 5.56 Å². The zero-order chi connectivity index (χ0) is 21.2. The Balaban J connectivity index is 0.00000171. The number of pyridine rings is 1. The molecule has 1 aromatic carbocycles. The number of nitrogens with zero attached hydrogens (tertiary/aromatic N) is 2. The Morgan fingerprint density at radius 1 is 1.29 bits per heavy atom. The molecule has 31 heavy (non-hydrogen) atoms. The van der Waals surface area contributed by atoms with Crippen LogP contribution in [0.1, 0.15) is 55.6 Å². The largest absolute Gasteiger partial charge is 0.477 e. The zero-order valence-electron chi connectivity index (χ0n) is 18.1. The van der Waals surface area contributed by atoms with Crippen molar-refractivity contribution in [3.05, 3.63) is 38.6 Å². The van der Waals surface area contributed by atoms with Gasteiger partial charge in [0.05, 0.1) is 16.2 Å². The minimum absolute atomic E-state index is 0. The van der Waals surface area contributed by atoms with Crippen LogP contribution in [0.25, 0.3) is 10.9 Å². The number of carboxylic acids is 1. The van der Waals surface area contributed by atoms with Gasteiger partial charge in [-0.05, 0) is 42.7 Å². The predicted molar refractivity (Wildman–Crippen MR) is 131 cm³/mol. The van der Waals surface area contributed by atoms with Crippen molar-refractivity contribution in [2.24, 2.45) is 17.1 Å². The highest BCUT2D eigenvalue weighted by atomic mass is 35.5. The van der Waals surface area contributed by atoms with Gasteiger partial charge in [-0.25, -0.2) is 4.79 Å². The number of anilines is 1. The highest BCUT2D eigenvalue weighted by Gasteiger charge is 2.39. The monoisotopic (exact) mass is 489 g/mol. The van der Waals surface area contributed by atoms with E-state index in [-0.39, 0.29) is 47.9 Å². The Labute approximate surface area is 199 Å². The van der Waals surface area contributed by atoms with E-state index in [2.05, 4.69) is 25.7 Å². The second-order valence-corrected chi connectivity index (χ2v) is 9.77. The van der Waals surface area contributed by atoms with E-state index in [0.29, 0.717) is 28.4 Å². The average molecular weight is 491 g/mol. The van der Waals surface area contributed by atoms with Crippen LogP contribution in [0.5, 0.6) is 0 Å². The van der Waals surface area contributed by atoms with Crippen LogP contribution in [-0.4, -0.2) is 34.8 Å². The summed E-state index contributed by atoms with van der Waals surface area (Å²) in [7, 11) is 0. The molecule has 1 saturated heterocycles. The molecule has 2 aliphatic rings. The molecule has 0 amide bonds. The molecule has 172 valence electrons. The lowest BCUT2D eigenvalue weighted by atomic mass is 9.72. The van der Waals surface area contributed by atoms with Crippen LogP contribution in [0.2, 0.25) is 5.02 Å². The van der Waals surface area contributed by atoms with Crippen molar-refractivity contribution >= 4 is 59.0 Å². The van der Waals surface area contributed by atoms with Gasteiger partial charge in [-0.3, -0.25) is 4.79 Å². The lowest BCUT2D eigenvalue weighted by molar-refractivity contribution is 0.0695. The van der Waals surface area contributed by atoms with Crippen LogP contribution >= 0.6 is 36.4 Å². The maximum atomic E-state index is 12.9. The lowest BCUT2D eigenvalue weighted by Crippen LogP contribution is -2.56. The third-order valence-corrected chi connectivity index (χ3v) is 7.17. The normalized spacial score (nSPS) is 22.6. The third-order valence-electron chi connectivity index (χ3n) is 6.81. The number of hydrogen-bond donors (Lipinski definition) is 2. The van der Waals surface area contributed by atoms with Crippen LogP contribution in [0.3, 0.4) is 0 Å². The summed E-state index contributed by atoms with van der Waals surface area (Å²) in [5.41, 5.74) is 8.18. The van der Waals surface area contributed by atoms with Crippen molar-refractivity contribution in [2.75, 3.05) is 18.0 Å². The Morgan fingerprint density at radius 2 is 1.90 bits per heavy atom. The Kier molecular flexibility index (Phi) is 7.33. The van der Waals surface area contributed by atoms with Crippen LogP contribution in [0.15, 0.2) is 17.1 Å². The molecule has 9 heteroatoms. The van der Waals surface area contributed by atoms with Gasteiger partial charge < -0.3 is 20.3 Å². The number of carboxylic acid groups (broad SMARTS) is 1. The number of carbonyl (C=O) groups is 1. The first-order valence-electron chi connectivity index (χ1n) is 10.1. The molecule has 1 aliphatic carbocycles. The summed E-state index contributed by atoms with van der Waals surface area (Å²) >= 11 is 6.95. The molecule has 3 N–H and O–H groups in total. The van der Waals surface area contributed by atoms with Crippen LogP contribution in [0, 0.1) is 18.3 Å². The number of aromatic nitrogens is 1. The molecule has 0 bridgehead atoms. The summed E-state index contributed by atoms with van der Waals surface area (Å²) in [6.45, 7) is 10.0. The van der Waals surface area contributed by atoms with E-state index in [4.69, 9.17) is 17.3 Å². The molecule has 0 radical (unpaired) electrons. The van der Waals surface area contributed by atoms with E-state index in [1.165, 1.54) is 6.20 Å². The molecule has 1 saturated carbocycles. The number of fused-ring (bicyclic) bond motifs is 1. The summed E-state index contributed by atoms with van der Waals surface area (Å²) < 4.78 is 1.89. The number of nitrogens with two attached hydrogens (primary N) is 1. The molecule has 0 unspecified atom stereocenters.